The second kappa shape index (κ2) is 13.1. The lowest BCUT2D eigenvalue weighted by Crippen LogP contribution is -2.47. The Kier molecular flexibility index (Phi) is 9.61. The molecule has 0 bridgehead atoms. The zero-order chi connectivity index (χ0) is 25.3. The monoisotopic (exact) mass is 522 g/mol. The molecule has 2 heterocycles. The standard InChI is InChI=1S/C29H34N2O3S2/c1-3-34-18-9-16-30(28(33)21-36-23-11-5-4-6-12-23)20-27(32)31-17-14-26-25(15-19-35-26)29(31)24-13-8-7-10-22(24)2/h4-8,10-13,15,19,29H,3,9,14,16-18,20-21H2,1-2H3. The Balaban J connectivity index is 1.51. The number of thioether (sulfide) groups is 1. The summed E-state index contributed by atoms with van der Waals surface area (Å²) in [6.45, 7) is 6.53. The molecule has 5 nitrogen and oxygen atoms in total. The molecular weight excluding hydrogens is 488 g/mol. The van der Waals surface area contributed by atoms with Gasteiger partial charge >= 0.3 is 0 Å². The van der Waals surface area contributed by atoms with Gasteiger partial charge in [0.15, 0.2) is 0 Å². The Morgan fingerprint density at radius 3 is 2.64 bits per heavy atom. The van der Waals surface area contributed by atoms with Crippen molar-refractivity contribution >= 4 is 34.9 Å². The molecule has 0 radical (unpaired) electrons. The van der Waals surface area contributed by atoms with Crippen LogP contribution in [0.5, 0.6) is 0 Å². The molecule has 4 rings (SSSR count). The van der Waals surface area contributed by atoms with Crippen LogP contribution in [0.2, 0.25) is 0 Å². The first kappa shape index (κ1) is 26.5. The molecule has 0 aliphatic carbocycles. The zero-order valence-electron chi connectivity index (χ0n) is 21.0. The Bertz CT molecular complexity index is 1150. The van der Waals surface area contributed by atoms with Crippen molar-refractivity contribution < 1.29 is 14.3 Å². The predicted molar refractivity (Wildman–Crippen MR) is 148 cm³/mol. The van der Waals surface area contributed by atoms with Crippen LogP contribution in [-0.4, -0.2) is 60.2 Å². The van der Waals surface area contributed by atoms with Gasteiger partial charge in [-0.05, 0) is 67.0 Å². The molecule has 1 aliphatic rings. The summed E-state index contributed by atoms with van der Waals surface area (Å²) in [5.74, 6) is 0.283. The summed E-state index contributed by atoms with van der Waals surface area (Å²) in [4.78, 5) is 33.1. The number of ether oxygens (including phenoxy) is 1. The van der Waals surface area contributed by atoms with Crippen LogP contribution in [0.25, 0.3) is 0 Å². The molecule has 3 aromatic rings. The summed E-state index contributed by atoms with van der Waals surface area (Å²) in [6.07, 6.45) is 1.56. The van der Waals surface area contributed by atoms with Crippen molar-refractivity contribution in [2.24, 2.45) is 0 Å². The molecule has 1 atom stereocenters. The van der Waals surface area contributed by atoms with E-state index in [4.69, 9.17) is 4.74 Å². The third kappa shape index (κ3) is 6.58. The molecule has 1 aliphatic heterocycles. The summed E-state index contributed by atoms with van der Waals surface area (Å²) < 4.78 is 5.50. The summed E-state index contributed by atoms with van der Waals surface area (Å²) >= 11 is 3.27. The highest BCUT2D eigenvalue weighted by Gasteiger charge is 2.34. The average Bonchev–Trinajstić information content (AvgIpc) is 3.38. The highest BCUT2D eigenvalue weighted by molar-refractivity contribution is 8.00. The van der Waals surface area contributed by atoms with Crippen molar-refractivity contribution in [2.45, 2.75) is 37.6 Å². The van der Waals surface area contributed by atoms with E-state index in [0.29, 0.717) is 38.5 Å². The summed E-state index contributed by atoms with van der Waals surface area (Å²) in [7, 11) is 0. The predicted octanol–water partition coefficient (Wildman–Crippen LogP) is 5.58. The second-order valence-corrected chi connectivity index (χ2v) is 10.9. The van der Waals surface area contributed by atoms with Gasteiger partial charge in [-0.1, -0.05) is 42.5 Å². The van der Waals surface area contributed by atoms with Crippen LogP contribution in [0.4, 0.5) is 0 Å². The van der Waals surface area contributed by atoms with Crippen molar-refractivity contribution in [3.8, 4) is 0 Å². The van der Waals surface area contributed by atoms with E-state index in [2.05, 4.69) is 30.5 Å². The van der Waals surface area contributed by atoms with Crippen molar-refractivity contribution in [2.75, 3.05) is 38.6 Å². The van der Waals surface area contributed by atoms with Crippen LogP contribution < -0.4 is 0 Å². The Morgan fingerprint density at radius 2 is 1.86 bits per heavy atom. The molecule has 0 N–H and O–H groups in total. The van der Waals surface area contributed by atoms with Gasteiger partial charge in [0.05, 0.1) is 18.3 Å². The third-order valence-corrected chi connectivity index (χ3v) is 8.47. The zero-order valence-corrected chi connectivity index (χ0v) is 22.7. The quantitative estimate of drug-likeness (QED) is 0.244. The minimum atomic E-state index is -0.118. The van der Waals surface area contributed by atoms with Crippen LogP contribution in [-0.2, 0) is 20.7 Å². The van der Waals surface area contributed by atoms with Crippen LogP contribution in [0.3, 0.4) is 0 Å². The number of hydrogen-bond donors (Lipinski definition) is 0. The SMILES string of the molecule is CCOCCCN(CC(=O)N1CCc2sccc2C1c1ccccc1C)C(=O)CSc1ccccc1. The maximum Gasteiger partial charge on any atom is 0.242 e. The van der Waals surface area contributed by atoms with Gasteiger partial charge in [-0.15, -0.1) is 23.1 Å². The van der Waals surface area contributed by atoms with E-state index >= 15 is 0 Å². The minimum absolute atomic E-state index is 0.00502. The summed E-state index contributed by atoms with van der Waals surface area (Å²) in [5, 5.41) is 2.12. The van der Waals surface area contributed by atoms with E-state index in [1.165, 1.54) is 27.8 Å². The first-order valence-electron chi connectivity index (χ1n) is 12.5. The molecule has 7 heteroatoms. The fourth-order valence-corrected chi connectivity index (χ4v) is 6.34. The van der Waals surface area contributed by atoms with E-state index < -0.39 is 0 Å². The van der Waals surface area contributed by atoms with Crippen LogP contribution in [0.15, 0.2) is 70.9 Å². The van der Waals surface area contributed by atoms with Crippen LogP contribution in [0.1, 0.15) is 41.0 Å². The van der Waals surface area contributed by atoms with Crippen molar-refractivity contribution in [3.05, 3.63) is 87.6 Å². The van der Waals surface area contributed by atoms with Crippen LogP contribution in [0, 0.1) is 6.92 Å². The number of benzene rings is 2. The summed E-state index contributed by atoms with van der Waals surface area (Å²) in [6, 6.07) is 20.2. The number of fused-ring (bicyclic) bond motifs is 1. The molecule has 2 amide bonds. The van der Waals surface area contributed by atoms with E-state index in [-0.39, 0.29) is 24.4 Å². The topological polar surface area (TPSA) is 49.9 Å². The van der Waals surface area contributed by atoms with Gasteiger partial charge in [0.2, 0.25) is 11.8 Å². The molecule has 1 aromatic heterocycles. The van der Waals surface area contributed by atoms with Gasteiger partial charge in [0.25, 0.3) is 0 Å². The van der Waals surface area contributed by atoms with E-state index in [0.717, 1.165) is 16.9 Å². The second-order valence-electron chi connectivity index (χ2n) is 8.86. The number of thiophene rings is 1. The average molecular weight is 523 g/mol. The molecule has 0 spiro atoms. The molecule has 190 valence electrons. The molecule has 0 saturated carbocycles. The lowest BCUT2D eigenvalue weighted by Gasteiger charge is -2.38. The Labute approximate surface area is 222 Å². The van der Waals surface area contributed by atoms with Gasteiger partial charge in [0.1, 0.15) is 0 Å². The maximum atomic E-state index is 13.8. The van der Waals surface area contributed by atoms with E-state index in [9.17, 15) is 9.59 Å². The number of hydrogen-bond acceptors (Lipinski definition) is 5. The van der Waals surface area contributed by atoms with Crippen LogP contribution >= 0.6 is 23.1 Å². The molecule has 2 aromatic carbocycles. The summed E-state index contributed by atoms with van der Waals surface area (Å²) in [5.41, 5.74) is 3.53. The Hall–Kier alpha value is -2.61. The lowest BCUT2D eigenvalue weighted by atomic mass is 9.90. The van der Waals surface area contributed by atoms with Gasteiger partial charge in [-0.25, -0.2) is 0 Å². The molecular formula is C29H34N2O3S2. The first-order chi connectivity index (χ1) is 17.6. The highest BCUT2D eigenvalue weighted by atomic mass is 32.2. The minimum Gasteiger partial charge on any atom is -0.382 e. The van der Waals surface area contributed by atoms with Gasteiger partial charge in [0, 0.05) is 36.1 Å². The first-order valence-corrected chi connectivity index (χ1v) is 14.4. The normalized spacial score (nSPS) is 14.9. The number of nitrogens with zero attached hydrogens (tertiary/aromatic N) is 2. The lowest BCUT2D eigenvalue weighted by molar-refractivity contribution is -0.140. The van der Waals surface area contributed by atoms with E-state index in [1.54, 1.807) is 16.2 Å². The fourth-order valence-electron chi connectivity index (χ4n) is 4.61. The van der Waals surface area contributed by atoms with Gasteiger partial charge in [-0.3, -0.25) is 9.59 Å². The van der Waals surface area contributed by atoms with Crippen molar-refractivity contribution in [1.82, 2.24) is 9.80 Å². The van der Waals surface area contributed by atoms with Crippen molar-refractivity contribution in [3.63, 3.8) is 0 Å². The van der Waals surface area contributed by atoms with Gasteiger partial charge < -0.3 is 14.5 Å². The molecule has 36 heavy (non-hydrogen) atoms. The molecule has 1 unspecified atom stereocenters. The molecule has 0 saturated heterocycles. The largest absolute Gasteiger partial charge is 0.382 e. The number of carbonyl (C=O) groups is 2. The third-order valence-electron chi connectivity index (χ3n) is 6.47. The molecule has 0 fully saturated rings. The number of rotatable bonds is 11. The Morgan fingerprint density at radius 1 is 1.08 bits per heavy atom. The van der Waals surface area contributed by atoms with E-state index in [1.807, 2.05) is 54.3 Å². The number of amides is 2. The highest BCUT2D eigenvalue weighted by Crippen LogP contribution is 2.39. The van der Waals surface area contributed by atoms with Crippen molar-refractivity contribution in [1.29, 1.82) is 0 Å². The number of aryl methyl sites for hydroxylation is 1. The number of carbonyl (C=O) groups excluding carboxylic acids is 2. The van der Waals surface area contributed by atoms with Gasteiger partial charge in [-0.2, -0.15) is 0 Å². The fraction of sp³-hybridized carbons (Fsp3) is 0.379. The maximum absolute atomic E-state index is 13.8. The smallest absolute Gasteiger partial charge is 0.242 e.